The van der Waals surface area contributed by atoms with Gasteiger partial charge in [0.05, 0.1) is 11.9 Å². The largest absolute Gasteiger partial charge is 0.326 e. The van der Waals surface area contributed by atoms with Gasteiger partial charge in [-0.15, -0.1) is 0 Å². The number of nitrogens with one attached hydrogen (secondary N) is 1. The Morgan fingerprint density at radius 2 is 1.81 bits per heavy atom. The Morgan fingerprint density at radius 3 is 2.35 bits per heavy atom. The highest BCUT2D eigenvalue weighted by Gasteiger charge is 2.19. The molecule has 0 heterocycles. The lowest BCUT2D eigenvalue weighted by Gasteiger charge is -2.22. The maximum absolute atomic E-state index is 13.4. The Labute approximate surface area is 153 Å². The molecule has 0 aliphatic rings. The summed E-state index contributed by atoms with van der Waals surface area (Å²) in [6, 6.07) is 12.8. The molecule has 0 fully saturated rings. The van der Waals surface area contributed by atoms with Crippen LogP contribution in [0.1, 0.15) is 31.7 Å². The van der Waals surface area contributed by atoms with Crippen LogP contribution < -0.4 is 9.62 Å². The minimum atomic E-state index is -3.63. The minimum Gasteiger partial charge on any atom is -0.326 e. The Bertz CT molecular complexity index is 865. The van der Waals surface area contributed by atoms with Gasteiger partial charge in [-0.1, -0.05) is 32.0 Å². The van der Waals surface area contributed by atoms with Gasteiger partial charge < -0.3 is 5.32 Å². The van der Waals surface area contributed by atoms with Crippen LogP contribution in [0.2, 0.25) is 0 Å². The first kappa shape index (κ1) is 19.9. The standard InChI is InChI=1S/C19H23FN2O3S/c1-14(2)15-7-9-17(10-8-15)21-19(23)11-12-22(26(3,24)25)18-6-4-5-16(20)13-18/h4-10,13-14H,11-12H2,1-3H3,(H,21,23). The zero-order valence-corrected chi connectivity index (χ0v) is 15.9. The molecular formula is C19H23FN2O3S. The summed E-state index contributed by atoms with van der Waals surface area (Å²) in [6.07, 6.45) is 0.982. The fourth-order valence-corrected chi connectivity index (χ4v) is 3.42. The number of hydrogen-bond acceptors (Lipinski definition) is 3. The Hall–Kier alpha value is -2.41. The molecule has 0 atom stereocenters. The summed E-state index contributed by atoms with van der Waals surface area (Å²) in [6.45, 7) is 4.09. The summed E-state index contributed by atoms with van der Waals surface area (Å²) in [5, 5.41) is 2.74. The molecule has 0 aliphatic heterocycles. The van der Waals surface area contributed by atoms with Gasteiger partial charge >= 0.3 is 0 Å². The molecule has 0 saturated carbocycles. The molecule has 2 rings (SSSR count). The summed E-state index contributed by atoms with van der Waals surface area (Å²) < 4.78 is 38.4. The maximum Gasteiger partial charge on any atom is 0.232 e. The first-order valence-corrected chi connectivity index (χ1v) is 10.1. The minimum absolute atomic E-state index is 0.0461. The van der Waals surface area contributed by atoms with E-state index >= 15 is 0 Å². The Balaban J connectivity index is 2.03. The molecule has 0 radical (unpaired) electrons. The lowest BCUT2D eigenvalue weighted by molar-refractivity contribution is -0.116. The molecule has 0 aromatic heterocycles. The van der Waals surface area contributed by atoms with Crippen LogP contribution in [0.25, 0.3) is 0 Å². The fraction of sp³-hybridized carbons (Fsp3) is 0.316. The van der Waals surface area contributed by atoms with Crippen molar-refractivity contribution in [2.75, 3.05) is 22.4 Å². The van der Waals surface area contributed by atoms with Gasteiger partial charge in [-0.25, -0.2) is 12.8 Å². The SMILES string of the molecule is CC(C)c1ccc(NC(=O)CCN(c2cccc(F)c2)S(C)(=O)=O)cc1. The molecule has 0 bridgehead atoms. The third kappa shape index (κ3) is 5.56. The zero-order valence-electron chi connectivity index (χ0n) is 15.1. The molecule has 0 unspecified atom stereocenters. The van der Waals surface area contributed by atoms with Crippen molar-refractivity contribution in [2.45, 2.75) is 26.2 Å². The van der Waals surface area contributed by atoms with Crippen molar-refractivity contribution >= 4 is 27.3 Å². The molecular weight excluding hydrogens is 355 g/mol. The van der Waals surface area contributed by atoms with E-state index in [0.29, 0.717) is 11.6 Å². The molecule has 0 aliphatic carbocycles. The van der Waals surface area contributed by atoms with Crippen LogP contribution in [0.5, 0.6) is 0 Å². The second-order valence-corrected chi connectivity index (χ2v) is 8.30. The van der Waals surface area contributed by atoms with Crippen LogP contribution >= 0.6 is 0 Å². The number of rotatable bonds is 7. The van der Waals surface area contributed by atoms with Crippen molar-refractivity contribution in [3.63, 3.8) is 0 Å². The normalized spacial score (nSPS) is 11.4. The van der Waals surface area contributed by atoms with E-state index in [2.05, 4.69) is 19.2 Å². The van der Waals surface area contributed by atoms with Crippen LogP contribution in [-0.4, -0.2) is 27.1 Å². The summed E-state index contributed by atoms with van der Waals surface area (Å²) >= 11 is 0. The first-order chi connectivity index (χ1) is 12.2. The van der Waals surface area contributed by atoms with E-state index in [1.54, 1.807) is 0 Å². The van der Waals surface area contributed by atoms with Crippen LogP contribution in [0.15, 0.2) is 48.5 Å². The summed E-state index contributed by atoms with van der Waals surface area (Å²) in [5.74, 6) is -0.451. The zero-order chi connectivity index (χ0) is 19.3. The predicted molar refractivity (Wildman–Crippen MR) is 102 cm³/mol. The van der Waals surface area contributed by atoms with E-state index in [1.807, 2.05) is 24.3 Å². The number of hydrogen-bond donors (Lipinski definition) is 1. The van der Waals surface area contributed by atoms with E-state index in [4.69, 9.17) is 0 Å². The van der Waals surface area contributed by atoms with E-state index in [1.165, 1.54) is 18.2 Å². The molecule has 0 spiro atoms. The summed E-state index contributed by atoms with van der Waals surface area (Å²) in [7, 11) is -3.63. The molecule has 1 amide bonds. The number of nitrogens with zero attached hydrogens (tertiary/aromatic N) is 1. The molecule has 0 saturated heterocycles. The lowest BCUT2D eigenvalue weighted by atomic mass is 10.0. The maximum atomic E-state index is 13.4. The first-order valence-electron chi connectivity index (χ1n) is 8.30. The summed E-state index contributed by atoms with van der Waals surface area (Å²) in [5.41, 5.74) is 2.01. The Kier molecular flexibility index (Phi) is 6.37. The quantitative estimate of drug-likeness (QED) is 0.798. The van der Waals surface area contributed by atoms with Gasteiger partial charge in [0, 0.05) is 18.7 Å². The van der Waals surface area contributed by atoms with E-state index in [-0.39, 0.29) is 24.6 Å². The second-order valence-electron chi connectivity index (χ2n) is 6.39. The number of sulfonamides is 1. The van der Waals surface area contributed by atoms with Gasteiger partial charge in [0.1, 0.15) is 5.82 Å². The van der Waals surface area contributed by atoms with Crippen molar-refractivity contribution < 1.29 is 17.6 Å². The number of carbonyl (C=O) groups excluding carboxylic acids is 1. The lowest BCUT2D eigenvalue weighted by Crippen LogP contribution is -2.33. The average molecular weight is 378 g/mol. The number of anilines is 2. The van der Waals surface area contributed by atoms with Crippen molar-refractivity contribution in [2.24, 2.45) is 0 Å². The molecule has 2 aromatic carbocycles. The third-order valence-corrected chi connectivity index (χ3v) is 5.09. The number of amides is 1. The topological polar surface area (TPSA) is 66.5 Å². The van der Waals surface area contributed by atoms with Crippen molar-refractivity contribution in [1.29, 1.82) is 0 Å². The molecule has 7 heteroatoms. The van der Waals surface area contributed by atoms with Crippen molar-refractivity contribution in [1.82, 2.24) is 0 Å². The smallest absolute Gasteiger partial charge is 0.232 e. The van der Waals surface area contributed by atoms with Gasteiger partial charge in [0.25, 0.3) is 0 Å². The molecule has 5 nitrogen and oxygen atoms in total. The molecule has 1 N–H and O–H groups in total. The van der Waals surface area contributed by atoms with Crippen molar-refractivity contribution in [3.05, 3.63) is 59.9 Å². The van der Waals surface area contributed by atoms with Gasteiger partial charge in [-0.2, -0.15) is 0 Å². The molecule has 140 valence electrons. The average Bonchev–Trinajstić information content (AvgIpc) is 2.54. The van der Waals surface area contributed by atoms with Crippen molar-refractivity contribution in [3.8, 4) is 0 Å². The van der Waals surface area contributed by atoms with Gasteiger partial charge in [0.2, 0.25) is 15.9 Å². The van der Waals surface area contributed by atoms with E-state index in [0.717, 1.165) is 22.2 Å². The molecule has 2 aromatic rings. The number of carbonyl (C=O) groups is 1. The summed E-state index contributed by atoms with van der Waals surface area (Å²) in [4.78, 5) is 12.2. The van der Waals surface area contributed by atoms with E-state index in [9.17, 15) is 17.6 Å². The van der Waals surface area contributed by atoms with Crippen LogP contribution in [0, 0.1) is 5.82 Å². The third-order valence-electron chi connectivity index (χ3n) is 3.90. The highest BCUT2D eigenvalue weighted by atomic mass is 32.2. The van der Waals surface area contributed by atoms with Gasteiger partial charge in [0.15, 0.2) is 0 Å². The van der Waals surface area contributed by atoms with Crippen LogP contribution in [0.4, 0.5) is 15.8 Å². The van der Waals surface area contributed by atoms with Gasteiger partial charge in [-0.3, -0.25) is 9.10 Å². The van der Waals surface area contributed by atoms with Crippen LogP contribution in [-0.2, 0) is 14.8 Å². The fourth-order valence-electron chi connectivity index (χ4n) is 2.50. The number of halogens is 1. The number of benzene rings is 2. The van der Waals surface area contributed by atoms with Crippen LogP contribution in [0.3, 0.4) is 0 Å². The van der Waals surface area contributed by atoms with Gasteiger partial charge in [-0.05, 0) is 41.8 Å². The highest BCUT2D eigenvalue weighted by Crippen LogP contribution is 2.20. The monoisotopic (exact) mass is 378 g/mol. The molecule has 26 heavy (non-hydrogen) atoms. The Morgan fingerprint density at radius 1 is 1.15 bits per heavy atom. The van der Waals surface area contributed by atoms with E-state index < -0.39 is 15.8 Å². The highest BCUT2D eigenvalue weighted by molar-refractivity contribution is 7.92. The predicted octanol–water partition coefficient (Wildman–Crippen LogP) is 3.74. The second kappa shape index (κ2) is 8.31.